The second-order valence-electron chi connectivity index (χ2n) is 4.77. The lowest BCUT2D eigenvalue weighted by molar-refractivity contribution is 0.0302. The van der Waals surface area contributed by atoms with Crippen molar-refractivity contribution in [1.82, 2.24) is 0 Å². The fraction of sp³-hybridized carbons (Fsp3) is 0.750. The first-order chi connectivity index (χ1) is 7.47. The molecule has 1 fully saturated rings. The summed E-state index contributed by atoms with van der Waals surface area (Å²) >= 11 is 0. The lowest BCUT2D eigenvalue weighted by atomic mass is 9.60. The Morgan fingerprint density at radius 1 is 0.438 bits per heavy atom. The second-order valence-corrected chi connectivity index (χ2v) is 4.77. The second kappa shape index (κ2) is 11.0. The third-order valence-electron chi connectivity index (χ3n) is 3.98. The van der Waals surface area contributed by atoms with Crippen molar-refractivity contribution < 1.29 is 0 Å². The zero-order valence-electron chi connectivity index (χ0n) is 12.6. The van der Waals surface area contributed by atoms with Crippen molar-refractivity contribution in [3.05, 3.63) is 24.3 Å². The first kappa shape index (κ1) is 17.9. The van der Waals surface area contributed by atoms with Crippen molar-refractivity contribution in [2.45, 2.75) is 55.4 Å². The zero-order valence-corrected chi connectivity index (χ0v) is 12.6. The lowest BCUT2D eigenvalue weighted by Gasteiger charge is -2.45. The van der Waals surface area contributed by atoms with Crippen LogP contribution >= 0.6 is 0 Å². The number of rotatable bonds is 0. The molecule has 1 aliphatic rings. The summed E-state index contributed by atoms with van der Waals surface area (Å²) in [6, 6.07) is 0. The minimum Gasteiger partial charge on any atom is -0.0919 e. The highest BCUT2D eigenvalue weighted by atomic mass is 14.4. The van der Waals surface area contributed by atoms with E-state index >= 15 is 0 Å². The normalized spacial score (nSPS) is 32.5. The molecule has 0 heteroatoms. The van der Waals surface area contributed by atoms with Crippen molar-refractivity contribution in [1.29, 1.82) is 0 Å². The minimum absolute atomic E-state index is 0.977. The molecule has 0 unspecified atom stereocenters. The Morgan fingerprint density at radius 2 is 0.562 bits per heavy atom. The minimum atomic E-state index is 0.977. The SMILES string of the molecule is C/C=C/C.C/C=C/C.CC1C(C)C(C)C1C. The molecule has 0 amide bonds. The van der Waals surface area contributed by atoms with Crippen LogP contribution in [0.2, 0.25) is 0 Å². The molecule has 16 heavy (non-hydrogen) atoms. The summed E-state index contributed by atoms with van der Waals surface area (Å²) in [6.07, 6.45) is 8.00. The van der Waals surface area contributed by atoms with Crippen LogP contribution in [-0.4, -0.2) is 0 Å². The van der Waals surface area contributed by atoms with Crippen molar-refractivity contribution in [2.24, 2.45) is 23.7 Å². The van der Waals surface area contributed by atoms with Gasteiger partial charge in [-0.05, 0) is 51.4 Å². The highest BCUT2D eigenvalue weighted by molar-refractivity contribution is 4.86. The van der Waals surface area contributed by atoms with Crippen molar-refractivity contribution in [3.8, 4) is 0 Å². The van der Waals surface area contributed by atoms with Crippen LogP contribution in [0.25, 0.3) is 0 Å². The molecule has 1 saturated carbocycles. The molecular formula is C16H32. The molecule has 1 aliphatic carbocycles. The van der Waals surface area contributed by atoms with E-state index in [9.17, 15) is 0 Å². The fourth-order valence-corrected chi connectivity index (χ4v) is 1.77. The number of hydrogen-bond donors (Lipinski definition) is 0. The monoisotopic (exact) mass is 224 g/mol. The fourth-order valence-electron chi connectivity index (χ4n) is 1.77. The summed E-state index contributed by atoms with van der Waals surface area (Å²) < 4.78 is 0. The van der Waals surface area contributed by atoms with Crippen LogP contribution in [-0.2, 0) is 0 Å². The molecule has 0 heterocycles. The van der Waals surface area contributed by atoms with E-state index in [-0.39, 0.29) is 0 Å². The maximum absolute atomic E-state index is 2.36. The van der Waals surface area contributed by atoms with Crippen LogP contribution in [0.15, 0.2) is 24.3 Å². The van der Waals surface area contributed by atoms with Gasteiger partial charge in [-0.3, -0.25) is 0 Å². The van der Waals surface area contributed by atoms with Crippen LogP contribution in [0.3, 0.4) is 0 Å². The third kappa shape index (κ3) is 6.87. The van der Waals surface area contributed by atoms with Gasteiger partial charge in [-0.2, -0.15) is 0 Å². The van der Waals surface area contributed by atoms with Crippen LogP contribution < -0.4 is 0 Å². The van der Waals surface area contributed by atoms with Crippen molar-refractivity contribution in [3.63, 3.8) is 0 Å². The average Bonchev–Trinajstić information content (AvgIpc) is 2.36. The van der Waals surface area contributed by atoms with Gasteiger partial charge in [0.1, 0.15) is 0 Å². The third-order valence-corrected chi connectivity index (χ3v) is 3.98. The first-order valence-corrected chi connectivity index (χ1v) is 6.62. The summed E-state index contributed by atoms with van der Waals surface area (Å²) in [7, 11) is 0. The summed E-state index contributed by atoms with van der Waals surface area (Å²) in [5.74, 6) is 3.91. The molecule has 0 nitrogen and oxygen atoms in total. The number of hydrogen-bond acceptors (Lipinski definition) is 0. The highest BCUT2D eigenvalue weighted by Crippen LogP contribution is 2.44. The Bertz CT molecular complexity index is 138. The Labute approximate surface area is 104 Å². The molecule has 0 saturated heterocycles. The van der Waals surface area contributed by atoms with Gasteiger partial charge in [0.15, 0.2) is 0 Å². The molecule has 0 aromatic heterocycles. The molecule has 0 aromatic carbocycles. The van der Waals surface area contributed by atoms with Gasteiger partial charge >= 0.3 is 0 Å². The topological polar surface area (TPSA) is 0 Å². The van der Waals surface area contributed by atoms with E-state index in [1.165, 1.54) is 0 Å². The van der Waals surface area contributed by atoms with Crippen LogP contribution in [0.4, 0.5) is 0 Å². The van der Waals surface area contributed by atoms with Crippen molar-refractivity contribution >= 4 is 0 Å². The van der Waals surface area contributed by atoms with Gasteiger partial charge in [0.05, 0.1) is 0 Å². The Kier molecular flexibility index (Phi) is 12.3. The zero-order chi connectivity index (χ0) is 13.1. The molecule has 0 aromatic rings. The predicted molar refractivity (Wildman–Crippen MR) is 77.6 cm³/mol. The largest absolute Gasteiger partial charge is 0.0919 e. The summed E-state index contributed by atoms with van der Waals surface area (Å²) in [4.78, 5) is 0. The quantitative estimate of drug-likeness (QED) is 0.462. The van der Waals surface area contributed by atoms with Gasteiger partial charge in [0, 0.05) is 0 Å². The van der Waals surface area contributed by atoms with E-state index in [0.717, 1.165) is 23.7 Å². The van der Waals surface area contributed by atoms with Crippen molar-refractivity contribution in [2.75, 3.05) is 0 Å². The standard InChI is InChI=1S/C8H16.2C4H8/c1-5-6(2)8(4)7(5)3;2*1-3-4-2/h5-8H,1-4H3;2*3-4H,1-2H3/b;2*4-3+. The molecule has 1 rings (SSSR count). The summed E-state index contributed by atoms with van der Waals surface area (Å²) in [6.45, 7) is 17.4. The van der Waals surface area contributed by atoms with E-state index in [4.69, 9.17) is 0 Å². The predicted octanol–water partition coefficient (Wildman–Crippen LogP) is 5.71. The maximum atomic E-state index is 2.36. The van der Waals surface area contributed by atoms with Crippen LogP contribution in [0, 0.1) is 23.7 Å². The van der Waals surface area contributed by atoms with Gasteiger partial charge in [0.25, 0.3) is 0 Å². The summed E-state index contributed by atoms with van der Waals surface area (Å²) in [5, 5.41) is 0. The molecule has 0 bridgehead atoms. The molecular weight excluding hydrogens is 192 g/mol. The molecule has 0 atom stereocenters. The van der Waals surface area contributed by atoms with Crippen LogP contribution in [0.1, 0.15) is 55.4 Å². The van der Waals surface area contributed by atoms with Gasteiger partial charge in [-0.1, -0.05) is 52.0 Å². The van der Waals surface area contributed by atoms with Gasteiger partial charge in [-0.25, -0.2) is 0 Å². The molecule has 0 radical (unpaired) electrons. The lowest BCUT2D eigenvalue weighted by Crippen LogP contribution is -2.39. The van der Waals surface area contributed by atoms with E-state index in [0.29, 0.717) is 0 Å². The molecule has 0 aliphatic heterocycles. The van der Waals surface area contributed by atoms with Gasteiger partial charge in [0.2, 0.25) is 0 Å². The van der Waals surface area contributed by atoms with E-state index in [2.05, 4.69) is 27.7 Å². The number of allylic oxidation sites excluding steroid dienone is 4. The highest BCUT2D eigenvalue weighted by Gasteiger charge is 2.38. The Morgan fingerprint density at radius 3 is 0.625 bits per heavy atom. The van der Waals surface area contributed by atoms with Gasteiger partial charge < -0.3 is 0 Å². The molecule has 0 spiro atoms. The van der Waals surface area contributed by atoms with Gasteiger partial charge in [-0.15, -0.1) is 0 Å². The van der Waals surface area contributed by atoms with E-state index in [1.807, 2.05) is 52.0 Å². The van der Waals surface area contributed by atoms with E-state index in [1.54, 1.807) is 0 Å². The van der Waals surface area contributed by atoms with E-state index < -0.39 is 0 Å². The average molecular weight is 224 g/mol. The van der Waals surface area contributed by atoms with Crippen LogP contribution in [0.5, 0.6) is 0 Å². The molecule has 96 valence electrons. The first-order valence-electron chi connectivity index (χ1n) is 6.62. The summed E-state index contributed by atoms with van der Waals surface area (Å²) in [5.41, 5.74) is 0. The molecule has 0 N–H and O–H groups in total. The Balaban J connectivity index is 0. The maximum Gasteiger partial charge on any atom is -0.0386 e. The Hall–Kier alpha value is -0.520. The smallest absolute Gasteiger partial charge is 0.0386 e.